The molecule has 0 saturated carbocycles. The summed E-state index contributed by atoms with van der Waals surface area (Å²) in [5.74, 6) is 0.327. The molecular formula is C19H18FN3O3S. The summed E-state index contributed by atoms with van der Waals surface area (Å²) in [6.07, 6.45) is 0. The van der Waals surface area contributed by atoms with Crippen LogP contribution in [-0.4, -0.2) is 28.0 Å². The molecule has 3 aromatic rings. The Morgan fingerprint density at radius 3 is 2.70 bits per heavy atom. The zero-order valence-electron chi connectivity index (χ0n) is 14.8. The molecule has 3 rings (SSSR count). The molecule has 1 atom stereocenters. The number of anilines is 1. The van der Waals surface area contributed by atoms with Gasteiger partial charge in [-0.1, -0.05) is 23.9 Å². The van der Waals surface area contributed by atoms with Crippen molar-refractivity contribution in [2.45, 2.75) is 24.3 Å². The minimum absolute atomic E-state index is 0.214. The van der Waals surface area contributed by atoms with Gasteiger partial charge >= 0.3 is 0 Å². The Balaban J connectivity index is 1.64. The van der Waals surface area contributed by atoms with E-state index in [4.69, 9.17) is 9.15 Å². The van der Waals surface area contributed by atoms with Crippen LogP contribution in [0.1, 0.15) is 13.8 Å². The number of benzene rings is 2. The minimum Gasteiger partial charge on any atom is -0.492 e. The van der Waals surface area contributed by atoms with Crippen molar-refractivity contribution < 1.29 is 18.3 Å². The number of ether oxygens (including phenoxy) is 1. The van der Waals surface area contributed by atoms with Crippen LogP contribution in [0, 0.1) is 5.82 Å². The standard InChI is InChI=1S/C19H18FN3O3S/c1-3-25-16-7-5-4-6-15(16)21-17(24)12(2)27-19-23-22-18(26-19)13-8-10-14(20)11-9-13/h4-12H,3H2,1-2H3,(H,21,24)/t12-/m1/s1. The Kier molecular flexibility index (Phi) is 6.08. The molecule has 0 radical (unpaired) electrons. The number of para-hydroxylation sites is 2. The summed E-state index contributed by atoms with van der Waals surface area (Å²) in [6.45, 7) is 4.13. The second-order valence-electron chi connectivity index (χ2n) is 5.56. The van der Waals surface area contributed by atoms with Gasteiger partial charge in [0.2, 0.25) is 11.8 Å². The van der Waals surface area contributed by atoms with Crippen LogP contribution in [0.5, 0.6) is 5.75 Å². The quantitative estimate of drug-likeness (QED) is 0.606. The number of hydrogen-bond donors (Lipinski definition) is 1. The number of aromatic nitrogens is 2. The van der Waals surface area contributed by atoms with Crippen molar-refractivity contribution in [2.75, 3.05) is 11.9 Å². The van der Waals surface area contributed by atoms with Gasteiger partial charge in [-0.25, -0.2) is 4.39 Å². The molecule has 8 heteroatoms. The maximum absolute atomic E-state index is 13.0. The zero-order chi connectivity index (χ0) is 19.2. The van der Waals surface area contributed by atoms with E-state index in [9.17, 15) is 9.18 Å². The Morgan fingerprint density at radius 2 is 1.96 bits per heavy atom. The fourth-order valence-electron chi connectivity index (χ4n) is 2.26. The molecule has 0 aliphatic carbocycles. The van der Waals surface area contributed by atoms with Crippen molar-refractivity contribution in [1.29, 1.82) is 0 Å². The monoisotopic (exact) mass is 387 g/mol. The molecule has 6 nitrogen and oxygen atoms in total. The second-order valence-corrected chi connectivity index (χ2v) is 6.85. The number of nitrogens with one attached hydrogen (secondary N) is 1. The summed E-state index contributed by atoms with van der Waals surface area (Å²) in [5.41, 5.74) is 1.22. The van der Waals surface area contributed by atoms with Gasteiger partial charge < -0.3 is 14.5 Å². The number of hydrogen-bond acceptors (Lipinski definition) is 6. The fourth-order valence-corrected chi connectivity index (χ4v) is 2.94. The van der Waals surface area contributed by atoms with Crippen LogP contribution >= 0.6 is 11.8 Å². The predicted octanol–water partition coefficient (Wildman–Crippen LogP) is 4.39. The van der Waals surface area contributed by atoms with Crippen LogP contribution in [0.2, 0.25) is 0 Å². The maximum Gasteiger partial charge on any atom is 0.277 e. The van der Waals surface area contributed by atoms with E-state index >= 15 is 0 Å². The van der Waals surface area contributed by atoms with Gasteiger partial charge in [-0.3, -0.25) is 4.79 Å². The minimum atomic E-state index is -0.471. The van der Waals surface area contributed by atoms with Gasteiger partial charge in [-0.15, -0.1) is 10.2 Å². The molecule has 1 amide bonds. The highest BCUT2D eigenvalue weighted by Crippen LogP contribution is 2.28. The van der Waals surface area contributed by atoms with E-state index in [2.05, 4.69) is 15.5 Å². The lowest BCUT2D eigenvalue weighted by Crippen LogP contribution is -2.22. The Hall–Kier alpha value is -2.87. The molecular weight excluding hydrogens is 369 g/mol. The van der Waals surface area contributed by atoms with E-state index in [0.717, 1.165) is 11.8 Å². The van der Waals surface area contributed by atoms with Crippen molar-refractivity contribution in [2.24, 2.45) is 0 Å². The lowest BCUT2D eigenvalue weighted by Gasteiger charge is -2.13. The van der Waals surface area contributed by atoms with E-state index in [-0.39, 0.29) is 22.8 Å². The van der Waals surface area contributed by atoms with E-state index < -0.39 is 5.25 Å². The summed E-state index contributed by atoms with van der Waals surface area (Å²) in [6, 6.07) is 13.0. The van der Waals surface area contributed by atoms with Crippen molar-refractivity contribution >= 4 is 23.4 Å². The molecule has 2 aromatic carbocycles. The third kappa shape index (κ3) is 4.85. The van der Waals surface area contributed by atoms with Gasteiger partial charge in [0.25, 0.3) is 5.22 Å². The first-order valence-corrected chi connectivity index (χ1v) is 9.23. The van der Waals surface area contributed by atoms with Crippen molar-refractivity contribution in [3.63, 3.8) is 0 Å². The van der Waals surface area contributed by atoms with Crippen LogP contribution in [0.4, 0.5) is 10.1 Å². The first-order valence-electron chi connectivity index (χ1n) is 8.35. The van der Waals surface area contributed by atoms with Crippen LogP contribution < -0.4 is 10.1 Å². The van der Waals surface area contributed by atoms with Gasteiger partial charge in [0.15, 0.2) is 0 Å². The zero-order valence-corrected chi connectivity index (χ0v) is 15.6. The number of carbonyl (C=O) groups is 1. The molecule has 0 fully saturated rings. The normalized spacial score (nSPS) is 11.8. The number of rotatable bonds is 7. The Morgan fingerprint density at radius 1 is 1.22 bits per heavy atom. The predicted molar refractivity (Wildman–Crippen MR) is 101 cm³/mol. The van der Waals surface area contributed by atoms with E-state index in [1.807, 2.05) is 19.1 Å². The summed E-state index contributed by atoms with van der Waals surface area (Å²) in [4.78, 5) is 12.5. The van der Waals surface area contributed by atoms with Crippen LogP contribution in [0.15, 0.2) is 58.2 Å². The highest BCUT2D eigenvalue weighted by Gasteiger charge is 2.20. The number of carbonyl (C=O) groups excluding carboxylic acids is 1. The average Bonchev–Trinajstić information content (AvgIpc) is 3.12. The molecule has 27 heavy (non-hydrogen) atoms. The third-order valence-corrected chi connectivity index (χ3v) is 4.52. The van der Waals surface area contributed by atoms with Crippen molar-refractivity contribution in [3.8, 4) is 17.2 Å². The largest absolute Gasteiger partial charge is 0.492 e. The summed E-state index contributed by atoms with van der Waals surface area (Å²) in [7, 11) is 0. The summed E-state index contributed by atoms with van der Waals surface area (Å²) in [5, 5.41) is 10.5. The summed E-state index contributed by atoms with van der Waals surface area (Å²) < 4.78 is 24.1. The molecule has 0 aliphatic rings. The van der Waals surface area contributed by atoms with Crippen molar-refractivity contribution in [1.82, 2.24) is 10.2 Å². The Labute approximate surface area is 160 Å². The molecule has 0 unspecified atom stereocenters. The maximum atomic E-state index is 13.0. The number of nitrogens with zero attached hydrogens (tertiary/aromatic N) is 2. The second kappa shape index (κ2) is 8.68. The highest BCUT2D eigenvalue weighted by molar-refractivity contribution is 8.00. The first kappa shape index (κ1) is 18.9. The third-order valence-electron chi connectivity index (χ3n) is 3.59. The average molecular weight is 387 g/mol. The molecule has 0 saturated heterocycles. The fraction of sp³-hybridized carbons (Fsp3) is 0.211. The number of amides is 1. The van der Waals surface area contributed by atoms with E-state index in [0.29, 0.717) is 23.6 Å². The van der Waals surface area contributed by atoms with Gasteiger partial charge in [0, 0.05) is 5.56 Å². The number of halogens is 1. The van der Waals surface area contributed by atoms with Crippen LogP contribution in [-0.2, 0) is 4.79 Å². The molecule has 0 bridgehead atoms. The van der Waals surface area contributed by atoms with Gasteiger partial charge in [-0.05, 0) is 50.2 Å². The first-order chi connectivity index (χ1) is 13.1. The van der Waals surface area contributed by atoms with E-state index in [1.165, 1.54) is 12.1 Å². The molecule has 1 aromatic heterocycles. The topological polar surface area (TPSA) is 77.2 Å². The lowest BCUT2D eigenvalue weighted by atomic mass is 10.2. The van der Waals surface area contributed by atoms with E-state index in [1.54, 1.807) is 31.2 Å². The molecule has 1 N–H and O–H groups in total. The van der Waals surface area contributed by atoms with Crippen LogP contribution in [0.3, 0.4) is 0 Å². The van der Waals surface area contributed by atoms with Gasteiger partial charge in [-0.2, -0.15) is 0 Å². The number of thioether (sulfide) groups is 1. The molecule has 0 spiro atoms. The highest BCUT2D eigenvalue weighted by atomic mass is 32.2. The Bertz CT molecular complexity index is 915. The lowest BCUT2D eigenvalue weighted by molar-refractivity contribution is -0.115. The smallest absolute Gasteiger partial charge is 0.277 e. The summed E-state index contributed by atoms with van der Waals surface area (Å²) >= 11 is 1.14. The molecule has 1 heterocycles. The van der Waals surface area contributed by atoms with Gasteiger partial charge in [0.05, 0.1) is 17.5 Å². The van der Waals surface area contributed by atoms with Crippen molar-refractivity contribution in [3.05, 3.63) is 54.3 Å². The van der Waals surface area contributed by atoms with Gasteiger partial charge in [0.1, 0.15) is 11.6 Å². The van der Waals surface area contributed by atoms with Crippen LogP contribution in [0.25, 0.3) is 11.5 Å². The molecule has 0 aliphatic heterocycles. The molecule has 140 valence electrons. The SMILES string of the molecule is CCOc1ccccc1NC(=O)[C@@H](C)Sc1nnc(-c2ccc(F)cc2)o1.